The number of benzene rings is 1. The Balaban J connectivity index is 2.24. The van der Waals surface area contributed by atoms with Gasteiger partial charge in [0.15, 0.2) is 0 Å². The van der Waals surface area contributed by atoms with Gasteiger partial charge in [0.05, 0.1) is 12.1 Å². The predicted octanol–water partition coefficient (Wildman–Crippen LogP) is 2.97. The third-order valence-electron chi connectivity index (χ3n) is 3.83. The van der Waals surface area contributed by atoms with Gasteiger partial charge in [-0.1, -0.05) is 30.7 Å². The van der Waals surface area contributed by atoms with E-state index in [0.29, 0.717) is 5.92 Å². The van der Waals surface area contributed by atoms with Crippen LogP contribution in [0.3, 0.4) is 0 Å². The number of hydrogen-bond donors (Lipinski definition) is 2. The van der Waals surface area contributed by atoms with Crippen LogP contribution in [0.1, 0.15) is 36.9 Å². The molecule has 2 rings (SSSR count). The minimum absolute atomic E-state index is 0.107. The van der Waals surface area contributed by atoms with Gasteiger partial charge in [0.1, 0.15) is 0 Å². The maximum absolute atomic E-state index is 6.19. The topological polar surface area (TPSA) is 47.3 Å². The van der Waals surface area contributed by atoms with E-state index >= 15 is 0 Å². The number of hydrogen-bond acceptors (Lipinski definition) is 3. The molecule has 0 aromatic heterocycles. The molecule has 1 saturated heterocycles. The number of nitrogens with one attached hydrogen (secondary N) is 1. The van der Waals surface area contributed by atoms with Crippen molar-refractivity contribution in [1.82, 2.24) is 5.43 Å². The normalized spacial score (nSPS) is 25.3. The summed E-state index contributed by atoms with van der Waals surface area (Å²) in [6, 6.07) is 6.25. The first-order chi connectivity index (χ1) is 8.67. The molecule has 0 spiro atoms. The zero-order valence-corrected chi connectivity index (χ0v) is 11.7. The Hall–Kier alpha value is -0.610. The SMILES string of the molecule is CCC1OCCC1C(NN)c1ccc(C)c(Cl)c1. The quantitative estimate of drug-likeness (QED) is 0.652. The van der Waals surface area contributed by atoms with Crippen LogP contribution in [-0.2, 0) is 4.74 Å². The summed E-state index contributed by atoms with van der Waals surface area (Å²) in [5.41, 5.74) is 5.16. The molecule has 0 amide bonds. The van der Waals surface area contributed by atoms with Crippen molar-refractivity contribution < 1.29 is 4.74 Å². The molecule has 0 saturated carbocycles. The average Bonchev–Trinajstić information content (AvgIpc) is 2.83. The molecule has 1 aliphatic rings. The van der Waals surface area contributed by atoms with Gasteiger partial charge in [-0.25, -0.2) is 0 Å². The van der Waals surface area contributed by atoms with E-state index in [9.17, 15) is 0 Å². The molecule has 1 heterocycles. The number of nitrogens with two attached hydrogens (primary N) is 1. The standard InChI is InChI=1S/C14H21ClN2O/c1-3-13-11(6-7-18-13)14(17-16)10-5-4-9(2)12(15)8-10/h4-5,8,11,13-14,17H,3,6-7,16H2,1-2H3. The molecule has 4 heteroatoms. The first kappa shape index (κ1) is 13.8. The summed E-state index contributed by atoms with van der Waals surface area (Å²) in [5.74, 6) is 6.16. The maximum Gasteiger partial charge on any atom is 0.0620 e. The Morgan fingerprint density at radius 2 is 2.33 bits per heavy atom. The van der Waals surface area contributed by atoms with Gasteiger partial charge in [-0.05, 0) is 37.0 Å². The van der Waals surface area contributed by atoms with Crippen LogP contribution in [0.4, 0.5) is 0 Å². The molecule has 18 heavy (non-hydrogen) atoms. The zero-order valence-electron chi connectivity index (χ0n) is 10.9. The van der Waals surface area contributed by atoms with Crippen molar-refractivity contribution in [3.63, 3.8) is 0 Å². The maximum atomic E-state index is 6.19. The third kappa shape index (κ3) is 2.69. The molecule has 3 unspecified atom stereocenters. The summed E-state index contributed by atoms with van der Waals surface area (Å²) in [6.45, 7) is 4.98. The lowest BCUT2D eigenvalue weighted by Gasteiger charge is -2.27. The minimum Gasteiger partial charge on any atom is -0.378 e. The van der Waals surface area contributed by atoms with Crippen LogP contribution in [0.25, 0.3) is 0 Å². The number of hydrazine groups is 1. The van der Waals surface area contributed by atoms with E-state index in [0.717, 1.165) is 35.6 Å². The Kier molecular flexibility index (Phi) is 4.62. The first-order valence-electron chi connectivity index (χ1n) is 6.51. The van der Waals surface area contributed by atoms with Crippen LogP contribution >= 0.6 is 11.6 Å². The van der Waals surface area contributed by atoms with Crippen molar-refractivity contribution in [3.8, 4) is 0 Å². The van der Waals surface area contributed by atoms with E-state index in [-0.39, 0.29) is 12.1 Å². The Morgan fingerprint density at radius 3 is 2.94 bits per heavy atom. The first-order valence-corrected chi connectivity index (χ1v) is 6.89. The highest BCUT2D eigenvalue weighted by Gasteiger charge is 2.34. The molecular formula is C14H21ClN2O. The van der Waals surface area contributed by atoms with E-state index in [1.807, 2.05) is 19.1 Å². The lowest BCUT2D eigenvalue weighted by atomic mass is 9.87. The largest absolute Gasteiger partial charge is 0.378 e. The van der Waals surface area contributed by atoms with E-state index in [1.165, 1.54) is 0 Å². The second-order valence-corrected chi connectivity index (χ2v) is 5.33. The lowest BCUT2D eigenvalue weighted by Crippen LogP contribution is -2.36. The molecule has 1 aromatic carbocycles. The van der Waals surface area contributed by atoms with Crippen molar-refractivity contribution in [1.29, 1.82) is 0 Å². The fourth-order valence-electron chi connectivity index (χ4n) is 2.74. The van der Waals surface area contributed by atoms with Gasteiger partial charge in [-0.3, -0.25) is 11.3 Å². The van der Waals surface area contributed by atoms with Gasteiger partial charge in [0.25, 0.3) is 0 Å². The predicted molar refractivity (Wildman–Crippen MR) is 74.4 cm³/mol. The fourth-order valence-corrected chi connectivity index (χ4v) is 2.93. The molecule has 0 aliphatic carbocycles. The average molecular weight is 269 g/mol. The smallest absolute Gasteiger partial charge is 0.0620 e. The molecule has 3 N–H and O–H groups in total. The van der Waals surface area contributed by atoms with Crippen LogP contribution in [-0.4, -0.2) is 12.7 Å². The van der Waals surface area contributed by atoms with Crippen LogP contribution in [0.15, 0.2) is 18.2 Å². The van der Waals surface area contributed by atoms with E-state index < -0.39 is 0 Å². The molecule has 3 nitrogen and oxygen atoms in total. The Bertz CT molecular complexity index is 411. The van der Waals surface area contributed by atoms with Crippen LogP contribution < -0.4 is 11.3 Å². The van der Waals surface area contributed by atoms with Gasteiger partial charge in [0, 0.05) is 17.5 Å². The molecule has 0 radical (unpaired) electrons. The van der Waals surface area contributed by atoms with Crippen molar-refractivity contribution in [2.75, 3.05) is 6.61 Å². The summed E-state index contributed by atoms with van der Waals surface area (Å²) in [5, 5.41) is 0.791. The highest BCUT2D eigenvalue weighted by atomic mass is 35.5. The van der Waals surface area contributed by atoms with Crippen molar-refractivity contribution in [2.45, 2.75) is 38.8 Å². The fraction of sp³-hybridized carbons (Fsp3) is 0.571. The van der Waals surface area contributed by atoms with Crippen molar-refractivity contribution in [3.05, 3.63) is 34.3 Å². The van der Waals surface area contributed by atoms with Crippen LogP contribution in [0.2, 0.25) is 5.02 Å². The van der Waals surface area contributed by atoms with Crippen LogP contribution in [0.5, 0.6) is 0 Å². The molecule has 1 aliphatic heterocycles. The highest BCUT2D eigenvalue weighted by molar-refractivity contribution is 6.31. The minimum atomic E-state index is 0.107. The van der Waals surface area contributed by atoms with E-state index in [2.05, 4.69) is 18.4 Å². The monoisotopic (exact) mass is 268 g/mol. The van der Waals surface area contributed by atoms with Crippen LogP contribution in [0, 0.1) is 12.8 Å². The molecule has 3 atom stereocenters. The summed E-state index contributed by atoms with van der Waals surface area (Å²) in [7, 11) is 0. The molecule has 1 aromatic rings. The number of ether oxygens (including phenoxy) is 1. The number of halogens is 1. The molecular weight excluding hydrogens is 248 g/mol. The molecule has 100 valence electrons. The van der Waals surface area contributed by atoms with Gasteiger partial charge in [-0.15, -0.1) is 0 Å². The Labute approximate surface area is 114 Å². The zero-order chi connectivity index (χ0) is 13.1. The van der Waals surface area contributed by atoms with E-state index in [4.69, 9.17) is 22.2 Å². The lowest BCUT2D eigenvalue weighted by molar-refractivity contribution is 0.0774. The van der Waals surface area contributed by atoms with Crippen molar-refractivity contribution in [2.24, 2.45) is 11.8 Å². The molecule has 0 bridgehead atoms. The summed E-state index contributed by atoms with van der Waals surface area (Å²) in [4.78, 5) is 0. The van der Waals surface area contributed by atoms with E-state index in [1.54, 1.807) is 0 Å². The van der Waals surface area contributed by atoms with Gasteiger partial charge < -0.3 is 4.74 Å². The summed E-state index contributed by atoms with van der Waals surface area (Å²) >= 11 is 6.19. The van der Waals surface area contributed by atoms with Gasteiger partial charge in [0.2, 0.25) is 0 Å². The summed E-state index contributed by atoms with van der Waals surface area (Å²) in [6.07, 6.45) is 2.34. The molecule has 1 fully saturated rings. The van der Waals surface area contributed by atoms with Gasteiger partial charge >= 0.3 is 0 Å². The highest BCUT2D eigenvalue weighted by Crippen LogP contribution is 2.35. The Morgan fingerprint density at radius 1 is 1.56 bits per heavy atom. The summed E-state index contributed by atoms with van der Waals surface area (Å²) < 4.78 is 5.74. The second-order valence-electron chi connectivity index (χ2n) is 4.92. The van der Waals surface area contributed by atoms with Crippen molar-refractivity contribution >= 4 is 11.6 Å². The third-order valence-corrected chi connectivity index (χ3v) is 4.23. The number of rotatable bonds is 4. The van der Waals surface area contributed by atoms with Gasteiger partial charge in [-0.2, -0.15) is 0 Å². The second kappa shape index (κ2) is 6.02. The number of aryl methyl sites for hydroxylation is 1.